The van der Waals surface area contributed by atoms with Crippen molar-refractivity contribution in [1.29, 1.82) is 0 Å². The third-order valence-corrected chi connectivity index (χ3v) is 5.60. The lowest BCUT2D eigenvalue weighted by Crippen LogP contribution is -2.37. The van der Waals surface area contributed by atoms with Gasteiger partial charge in [-0.3, -0.25) is 0 Å². The summed E-state index contributed by atoms with van der Waals surface area (Å²) in [6, 6.07) is 7.51. The molecule has 8 nitrogen and oxygen atoms in total. The van der Waals surface area contributed by atoms with Crippen LogP contribution in [0.1, 0.15) is 23.3 Å². The molecule has 0 aliphatic carbocycles. The van der Waals surface area contributed by atoms with Crippen LogP contribution in [0.3, 0.4) is 0 Å². The van der Waals surface area contributed by atoms with E-state index in [9.17, 15) is 0 Å². The Morgan fingerprint density at radius 2 is 1.70 bits per heavy atom. The fourth-order valence-electron chi connectivity index (χ4n) is 4.28. The van der Waals surface area contributed by atoms with Gasteiger partial charge in [0.1, 0.15) is 18.0 Å². The van der Waals surface area contributed by atoms with E-state index in [-0.39, 0.29) is 6.79 Å². The third-order valence-electron chi connectivity index (χ3n) is 5.60. The van der Waals surface area contributed by atoms with E-state index in [0.29, 0.717) is 34.3 Å². The lowest BCUT2D eigenvalue weighted by atomic mass is 9.90. The number of furan rings is 1. The number of rotatable bonds is 5. The van der Waals surface area contributed by atoms with Crippen molar-refractivity contribution in [1.82, 2.24) is 0 Å². The van der Waals surface area contributed by atoms with E-state index in [2.05, 4.69) is 0 Å². The molecule has 3 aromatic rings. The Bertz CT molecular complexity index is 1090. The first-order valence-corrected chi connectivity index (χ1v) is 9.48. The number of ether oxygens (including phenoxy) is 7. The van der Waals surface area contributed by atoms with Crippen molar-refractivity contribution in [3.05, 3.63) is 41.7 Å². The molecule has 0 unspecified atom stereocenters. The van der Waals surface area contributed by atoms with Gasteiger partial charge in [0.2, 0.25) is 12.5 Å². The van der Waals surface area contributed by atoms with E-state index in [1.807, 2.05) is 24.3 Å². The fraction of sp³-hybridized carbons (Fsp3) is 0.364. The topological polar surface area (TPSA) is 77.8 Å². The smallest absolute Gasteiger partial charge is 0.231 e. The molecule has 3 atom stereocenters. The van der Waals surface area contributed by atoms with Crippen molar-refractivity contribution < 1.29 is 37.6 Å². The van der Waals surface area contributed by atoms with Crippen LogP contribution in [-0.2, 0) is 9.47 Å². The van der Waals surface area contributed by atoms with E-state index in [0.717, 1.165) is 16.5 Å². The van der Waals surface area contributed by atoms with Crippen LogP contribution in [-0.4, -0.2) is 41.3 Å². The van der Waals surface area contributed by atoms with Gasteiger partial charge in [-0.2, -0.15) is 0 Å². The molecule has 8 heteroatoms. The predicted molar refractivity (Wildman–Crippen MR) is 106 cm³/mol. The molecule has 30 heavy (non-hydrogen) atoms. The van der Waals surface area contributed by atoms with Gasteiger partial charge in [0.25, 0.3) is 0 Å². The summed E-state index contributed by atoms with van der Waals surface area (Å²) in [7, 11) is 6.44. The zero-order valence-electron chi connectivity index (χ0n) is 17.1. The lowest BCUT2D eigenvalue weighted by Gasteiger charge is -2.39. The first kappa shape index (κ1) is 18.9. The second kappa shape index (κ2) is 7.30. The number of fused-ring (bicyclic) bond motifs is 3. The molecule has 1 aromatic heterocycles. The molecule has 2 aliphatic rings. The van der Waals surface area contributed by atoms with Gasteiger partial charge in [0, 0.05) is 14.2 Å². The minimum Gasteiger partial charge on any atom is -0.495 e. The minimum absolute atomic E-state index is 0.197. The van der Waals surface area contributed by atoms with Crippen LogP contribution in [0.2, 0.25) is 0 Å². The number of benzene rings is 2. The highest BCUT2D eigenvalue weighted by Crippen LogP contribution is 2.56. The van der Waals surface area contributed by atoms with Crippen molar-refractivity contribution in [3.63, 3.8) is 0 Å². The Morgan fingerprint density at radius 3 is 2.43 bits per heavy atom. The quantitative estimate of drug-likeness (QED) is 0.620. The van der Waals surface area contributed by atoms with Gasteiger partial charge in [0.05, 0.1) is 31.4 Å². The molecule has 2 aliphatic heterocycles. The van der Waals surface area contributed by atoms with Crippen LogP contribution in [0, 0.1) is 0 Å². The first-order valence-electron chi connectivity index (χ1n) is 9.48. The molecule has 0 bridgehead atoms. The van der Waals surface area contributed by atoms with E-state index >= 15 is 0 Å². The van der Waals surface area contributed by atoms with Crippen LogP contribution in [0.15, 0.2) is 34.9 Å². The highest BCUT2D eigenvalue weighted by Gasteiger charge is 2.45. The highest BCUT2D eigenvalue weighted by atomic mass is 16.7. The maximum Gasteiger partial charge on any atom is 0.231 e. The Hall–Kier alpha value is -3.10. The summed E-state index contributed by atoms with van der Waals surface area (Å²) < 4.78 is 46.3. The number of hydrogen-bond donors (Lipinski definition) is 0. The van der Waals surface area contributed by atoms with Gasteiger partial charge in [0.15, 0.2) is 28.9 Å². The zero-order chi connectivity index (χ0) is 20.8. The lowest BCUT2D eigenvalue weighted by molar-refractivity contribution is -0.107. The molecule has 3 heterocycles. The Kier molecular flexibility index (Phi) is 4.60. The monoisotopic (exact) mass is 414 g/mol. The van der Waals surface area contributed by atoms with Crippen molar-refractivity contribution in [2.24, 2.45) is 0 Å². The van der Waals surface area contributed by atoms with Gasteiger partial charge in [-0.25, -0.2) is 0 Å². The number of hydrogen-bond acceptors (Lipinski definition) is 8. The zero-order valence-corrected chi connectivity index (χ0v) is 17.1. The molecular formula is C22H22O8. The molecular weight excluding hydrogens is 392 g/mol. The second-order valence-corrected chi connectivity index (χ2v) is 6.98. The average Bonchev–Trinajstić information content (AvgIpc) is 3.44. The first-order chi connectivity index (χ1) is 14.7. The molecule has 0 fully saturated rings. The summed E-state index contributed by atoms with van der Waals surface area (Å²) >= 11 is 0. The highest BCUT2D eigenvalue weighted by molar-refractivity contribution is 5.94. The van der Waals surface area contributed by atoms with Crippen molar-refractivity contribution in [2.45, 2.75) is 18.3 Å². The average molecular weight is 414 g/mol. The van der Waals surface area contributed by atoms with Crippen LogP contribution < -0.4 is 23.7 Å². The van der Waals surface area contributed by atoms with Crippen LogP contribution >= 0.6 is 0 Å². The molecule has 0 amide bonds. The third kappa shape index (κ3) is 2.60. The van der Waals surface area contributed by atoms with E-state index < -0.39 is 18.3 Å². The Labute approximate surface area is 173 Å². The summed E-state index contributed by atoms with van der Waals surface area (Å²) in [6.45, 7) is 0.197. The summed E-state index contributed by atoms with van der Waals surface area (Å²) in [5, 5.41) is 0.773. The molecule has 0 saturated carbocycles. The molecule has 158 valence electrons. The number of methoxy groups -OCH3 is 4. The van der Waals surface area contributed by atoms with E-state index in [1.165, 1.54) is 0 Å². The Balaban J connectivity index is 1.72. The van der Waals surface area contributed by atoms with Crippen molar-refractivity contribution in [2.75, 3.05) is 35.2 Å². The van der Waals surface area contributed by atoms with Gasteiger partial charge < -0.3 is 37.6 Å². The minimum atomic E-state index is -0.493. The maximum atomic E-state index is 6.49. The molecule has 0 radical (unpaired) electrons. The Morgan fingerprint density at radius 1 is 0.900 bits per heavy atom. The normalized spacial score (nSPS) is 21.9. The van der Waals surface area contributed by atoms with E-state index in [1.54, 1.807) is 34.7 Å². The molecule has 0 saturated heterocycles. The molecule has 2 aromatic carbocycles. The van der Waals surface area contributed by atoms with Crippen molar-refractivity contribution >= 4 is 11.0 Å². The summed E-state index contributed by atoms with van der Waals surface area (Å²) in [4.78, 5) is 0. The summed E-state index contributed by atoms with van der Waals surface area (Å²) in [6.07, 6.45) is 0.169. The van der Waals surface area contributed by atoms with Gasteiger partial charge in [-0.15, -0.1) is 0 Å². The summed E-state index contributed by atoms with van der Waals surface area (Å²) in [5.74, 6) is 2.95. The molecule has 0 spiro atoms. The predicted octanol–water partition coefficient (Wildman–Crippen LogP) is 4.01. The maximum absolute atomic E-state index is 6.49. The SMILES string of the molecule is COc1c2c(c(OC)c3occc13)O[C@H](c1ccc3c(c1)OCO3)[C@H](OC)[C@@H]2OC. The van der Waals surface area contributed by atoms with Crippen LogP contribution in [0.25, 0.3) is 11.0 Å². The molecule has 0 N–H and O–H groups in total. The molecule has 5 rings (SSSR count). The van der Waals surface area contributed by atoms with Crippen LogP contribution in [0.4, 0.5) is 0 Å². The van der Waals surface area contributed by atoms with E-state index in [4.69, 9.17) is 37.6 Å². The van der Waals surface area contributed by atoms with Gasteiger partial charge >= 0.3 is 0 Å². The van der Waals surface area contributed by atoms with Crippen LogP contribution in [0.5, 0.6) is 28.7 Å². The fourth-order valence-corrected chi connectivity index (χ4v) is 4.28. The second-order valence-electron chi connectivity index (χ2n) is 6.98. The standard InChI is InChI=1S/C22H22O8/c1-23-17-12-7-8-27-18(12)22(26-4)20-15(17)19(24-2)21(25-3)16(30-20)11-5-6-13-14(9-11)29-10-28-13/h5-9,16,19,21H,10H2,1-4H3/t16-,19-,21+/m1/s1. The van der Waals surface area contributed by atoms with Gasteiger partial charge in [-0.1, -0.05) is 6.07 Å². The summed E-state index contributed by atoms with van der Waals surface area (Å²) in [5.41, 5.74) is 2.12. The largest absolute Gasteiger partial charge is 0.495 e. The van der Waals surface area contributed by atoms with Gasteiger partial charge in [-0.05, 0) is 23.8 Å². The van der Waals surface area contributed by atoms with Crippen molar-refractivity contribution in [3.8, 4) is 28.7 Å².